The van der Waals surface area contributed by atoms with Crippen LogP contribution in [0.1, 0.15) is 65.7 Å². The van der Waals surface area contributed by atoms with E-state index in [4.69, 9.17) is 0 Å². The van der Waals surface area contributed by atoms with Crippen molar-refractivity contribution in [3.8, 4) is 0 Å². The molecule has 3 fully saturated rings. The third kappa shape index (κ3) is 4.12. The Morgan fingerprint density at radius 2 is 1.62 bits per heavy atom. The number of nitrogens with zero attached hydrogens (tertiary/aromatic N) is 1. The van der Waals surface area contributed by atoms with Gasteiger partial charge in [-0.25, -0.2) is 0 Å². The van der Waals surface area contributed by atoms with Crippen LogP contribution in [0.2, 0.25) is 0 Å². The standard InChI is InChI=1S/C20H34N2O2/c1-13(2)17-7-4-14(3)12-18(17)21-19(23)15-8-10-22(11-9-15)20(24)16-5-6-16/h13-18H,4-12H2,1-3H3,(H,21,23)/t14-,17+,18+/m1/s1. The molecule has 0 spiro atoms. The molecular weight excluding hydrogens is 300 g/mol. The van der Waals surface area contributed by atoms with Crippen molar-refractivity contribution in [3.63, 3.8) is 0 Å². The quantitative estimate of drug-likeness (QED) is 0.858. The number of likely N-dealkylation sites (tertiary alicyclic amines) is 1. The summed E-state index contributed by atoms with van der Waals surface area (Å²) in [6, 6.07) is 0.340. The average molecular weight is 335 g/mol. The second-order valence-corrected chi connectivity index (χ2v) is 8.82. The van der Waals surface area contributed by atoms with Gasteiger partial charge in [0.1, 0.15) is 0 Å². The molecule has 0 unspecified atom stereocenters. The van der Waals surface area contributed by atoms with Crippen LogP contribution in [-0.2, 0) is 9.59 Å². The summed E-state index contributed by atoms with van der Waals surface area (Å²) in [5.74, 6) is 2.91. The lowest BCUT2D eigenvalue weighted by molar-refractivity contribution is -0.137. The summed E-state index contributed by atoms with van der Waals surface area (Å²) in [6.45, 7) is 8.39. The molecule has 136 valence electrons. The van der Waals surface area contributed by atoms with Crippen molar-refractivity contribution in [2.45, 2.75) is 71.8 Å². The van der Waals surface area contributed by atoms with Gasteiger partial charge in [0.2, 0.25) is 11.8 Å². The van der Waals surface area contributed by atoms with Gasteiger partial charge in [0, 0.05) is 31.0 Å². The van der Waals surface area contributed by atoms with E-state index < -0.39 is 0 Å². The molecule has 0 aromatic carbocycles. The van der Waals surface area contributed by atoms with Gasteiger partial charge >= 0.3 is 0 Å². The number of carbonyl (C=O) groups is 2. The summed E-state index contributed by atoms with van der Waals surface area (Å²) in [6.07, 6.45) is 7.44. The molecule has 1 N–H and O–H groups in total. The number of rotatable bonds is 4. The van der Waals surface area contributed by atoms with Crippen LogP contribution in [0.4, 0.5) is 0 Å². The summed E-state index contributed by atoms with van der Waals surface area (Å²) >= 11 is 0. The number of amides is 2. The van der Waals surface area contributed by atoms with E-state index >= 15 is 0 Å². The van der Waals surface area contributed by atoms with Gasteiger partial charge in [-0.2, -0.15) is 0 Å². The molecule has 3 rings (SSSR count). The lowest BCUT2D eigenvalue weighted by Crippen LogP contribution is -2.49. The van der Waals surface area contributed by atoms with Gasteiger partial charge in [-0.3, -0.25) is 9.59 Å². The topological polar surface area (TPSA) is 49.4 Å². The number of hydrogen-bond acceptors (Lipinski definition) is 2. The molecule has 1 saturated heterocycles. The van der Waals surface area contributed by atoms with Crippen molar-refractivity contribution in [1.29, 1.82) is 0 Å². The monoisotopic (exact) mass is 334 g/mol. The maximum absolute atomic E-state index is 12.7. The van der Waals surface area contributed by atoms with Crippen molar-refractivity contribution in [3.05, 3.63) is 0 Å². The normalized spacial score (nSPS) is 32.0. The minimum atomic E-state index is 0.0956. The Kier molecular flexibility index (Phi) is 5.51. The molecule has 1 aliphatic heterocycles. The van der Waals surface area contributed by atoms with Gasteiger partial charge in [0.15, 0.2) is 0 Å². The van der Waals surface area contributed by atoms with E-state index in [-0.39, 0.29) is 11.8 Å². The smallest absolute Gasteiger partial charge is 0.225 e. The highest BCUT2D eigenvalue weighted by Crippen LogP contribution is 2.35. The largest absolute Gasteiger partial charge is 0.353 e. The van der Waals surface area contributed by atoms with Gasteiger partial charge in [-0.15, -0.1) is 0 Å². The van der Waals surface area contributed by atoms with Gasteiger partial charge in [0.05, 0.1) is 0 Å². The molecule has 3 aliphatic rings. The van der Waals surface area contributed by atoms with Gasteiger partial charge in [-0.1, -0.05) is 27.2 Å². The molecule has 2 aliphatic carbocycles. The Labute approximate surface area is 146 Å². The lowest BCUT2D eigenvalue weighted by atomic mass is 9.74. The van der Waals surface area contributed by atoms with Crippen LogP contribution in [0.25, 0.3) is 0 Å². The van der Waals surface area contributed by atoms with Crippen molar-refractivity contribution in [1.82, 2.24) is 10.2 Å². The number of carbonyl (C=O) groups excluding carboxylic acids is 2. The number of nitrogens with one attached hydrogen (secondary N) is 1. The van der Waals surface area contributed by atoms with E-state index in [9.17, 15) is 9.59 Å². The Morgan fingerprint density at radius 3 is 2.21 bits per heavy atom. The maximum Gasteiger partial charge on any atom is 0.225 e. The van der Waals surface area contributed by atoms with Gasteiger partial charge < -0.3 is 10.2 Å². The van der Waals surface area contributed by atoms with Gasteiger partial charge in [-0.05, 0) is 56.3 Å². The van der Waals surface area contributed by atoms with Crippen molar-refractivity contribution >= 4 is 11.8 Å². The first-order valence-electron chi connectivity index (χ1n) is 10.0. The van der Waals surface area contributed by atoms with Crippen LogP contribution in [-0.4, -0.2) is 35.8 Å². The molecule has 0 bridgehead atoms. The summed E-state index contributed by atoms with van der Waals surface area (Å²) in [5.41, 5.74) is 0. The van der Waals surface area contributed by atoms with Crippen molar-refractivity contribution in [2.24, 2.45) is 29.6 Å². The first kappa shape index (κ1) is 17.8. The zero-order chi connectivity index (χ0) is 17.3. The third-order valence-corrected chi connectivity index (χ3v) is 6.45. The third-order valence-electron chi connectivity index (χ3n) is 6.45. The molecule has 3 atom stereocenters. The Balaban J connectivity index is 1.50. The van der Waals surface area contributed by atoms with Crippen LogP contribution in [0, 0.1) is 29.6 Å². The molecule has 1 heterocycles. The van der Waals surface area contributed by atoms with Crippen LogP contribution >= 0.6 is 0 Å². The van der Waals surface area contributed by atoms with Crippen LogP contribution in [0.5, 0.6) is 0 Å². The highest BCUT2D eigenvalue weighted by Gasteiger charge is 2.37. The Bertz CT molecular complexity index is 464. The van der Waals surface area contributed by atoms with Crippen LogP contribution in [0.3, 0.4) is 0 Å². The Morgan fingerprint density at radius 1 is 0.958 bits per heavy atom. The SMILES string of the molecule is CC(C)[C@@H]1CC[C@@H](C)C[C@@H]1NC(=O)C1CCN(C(=O)C2CC2)CC1. The predicted octanol–water partition coefficient (Wildman–Crippen LogP) is 3.21. The fourth-order valence-electron chi connectivity index (χ4n) is 4.62. The molecular formula is C20H34N2O2. The fourth-order valence-corrected chi connectivity index (χ4v) is 4.62. The lowest BCUT2D eigenvalue weighted by Gasteiger charge is -2.39. The highest BCUT2D eigenvalue weighted by atomic mass is 16.2. The summed E-state index contributed by atoms with van der Waals surface area (Å²) in [5, 5.41) is 3.39. The maximum atomic E-state index is 12.7. The van der Waals surface area contributed by atoms with Gasteiger partial charge in [0.25, 0.3) is 0 Å². The second kappa shape index (κ2) is 7.45. The molecule has 2 saturated carbocycles. The summed E-state index contributed by atoms with van der Waals surface area (Å²) in [7, 11) is 0. The zero-order valence-electron chi connectivity index (χ0n) is 15.6. The Hall–Kier alpha value is -1.06. The van der Waals surface area contributed by atoms with E-state index in [1.165, 1.54) is 12.8 Å². The van der Waals surface area contributed by atoms with E-state index in [0.717, 1.165) is 45.2 Å². The predicted molar refractivity (Wildman–Crippen MR) is 95.3 cm³/mol. The molecule has 0 radical (unpaired) electrons. The first-order chi connectivity index (χ1) is 11.5. The average Bonchev–Trinajstić information content (AvgIpc) is 3.39. The molecule has 2 amide bonds. The van der Waals surface area contributed by atoms with E-state index in [0.29, 0.717) is 35.6 Å². The minimum Gasteiger partial charge on any atom is -0.353 e. The molecule has 4 heteroatoms. The molecule has 0 aromatic heterocycles. The van der Waals surface area contributed by atoms with Crippen LogP contribution in [0.15, 0.2) is 0 Å². The van der Waals surface area contributed by atoms with E-state index in [2.05, 4.69) is 26.1 Å². The number of hydrogen-bond donors (Lipinski definition) is 1. The highest BCUT2D eigenvalue weighted by molar-refractivity contribution is 5.82. The molecule has 24 heavy (non-hydrogen) atoms. The minimum absolute atomic E-state index is 0.0956. The summed E-state index contributed by atoms with van der Waals surface area (Å²) < 4.78 is 0. The van der Waals surface area contributed by atoms with Crippen molar-refractivity contribution < 1.29 is 9.59 Å². The second-order valence-electron chi connectivity index (χ2n) is 8.82. The molecule has 0 aromatic rings. The number of piperidine rings is 1. The van der Waals surface area contributed by atoms with Crippen molar-refractivity contribution in [2.75, 3.05) is 13.1 Å². The zero-order valence-corrected chi connectivity index (χ0v) is 15.6. The first-order valence-corrected chi connectivity index (χ1v) is 10.0. The van der Waals surface area contributed by atoms with Crippen LogP contribution < -0.4 is 5.32 Å². The molecule has 4 nitrogen and oxygen atoms in total. The van der Waals surface area contributed by atoms with E-state index in [1.54, 1.807) is 0 Å². The summed E-state index contributed by atoms with van der Waals surface area (Å²) in [4.78, 5) is 26.9. The van der Waals surface area contributed by atoms with E-state index in [1.807, 2.05) is 4.90 Å². The fraction of sp³-hybridized carbons (Fsp3) is 0.900.